The van der Waals surface area contributed by atoms with Crippen LogP contribution >= 0.6 is 15.9 Å². The van der Waals surface area contributed by atoms with Gasteiger partial charge in [-0.2, -0.15) is 0 Å². The zero-order valence-corrected chi connectivity index (χ0v) is 11.5. The highest BCUT2D eigenvalue weighted by molar-refractivity contribution is 9.10. The molecule has 1 aromatic carbocycles. The molecule has 0 saturated carbocycles. The highest BCUT2D eigenvalue weighted by Gasteiger charge is 2.35. The molecule has 0 aromatic heterocycles. The van der Waals surface area contributed by atoms with E-state index in [0.29, 0.717) is 5.56 Å². The Hall–Kier alpha value is -1.40. The summed E-state index contributed by atoms with van der Waals surface area (Å²) in [5.41, 5.74) is 0.475. The molecule has 0 saturated heterocycles. The predicted molar refractivity (Wildman–Crippen MR) is 66.9 cm³/mol. The summed E-state index contributed by atoms with van der Waals surface area (Å²) in [5, 5.41) is 9.81. The van der Waals surface area contributed by atoms with Crippen molar-refractivity contribution < 1.29 is 24.2 Å². The SMILES string of the molecule is COC(=O)C(O)C(C(=O)OC)c1ccc(Br)cc1. The van der Waals surface area contributed by atoms with Crippen molar-refractivity contribution in [1.82, 2.24) is 0 Å². The topological polar surface area (TPSA) is 72.8 Å². The number of aliphatic hydroxyl groups excluding tert-OH is 1. The fourth-order valence-electron chi connectivity index (χ4n) is 1.50. The van der Waals surface area contributed by atoms with Gasteiger partial charge in [0.25, 0.3) is 0 Å². The third-order valence-corrected chi connectivity index (χ3v) is 2.97. The maximum absolute atomic E-state index is 11.7. The maximum Gasteiger partial charge on any atom is 0.335 e. The Kier molecular flexibility index (Phi) is 5.30. The minimum Gasteiger partial charge on any atom is -0.468 e. The highest BCUT2D eigenvalue weighted by Crippen LogP contribution is 2.24. The molecular formula is C12H13BrO5. The Morgan fingerprint density at radius 2 is 1.61 bits per heavy atom. The smallest absolute Gasteiger partial charge is 0.335 e. The van der Waals surface area contributed by atoms with Gasteiger partial charge in [-0.3, -0.25) is 4.79 Å². The van der Waals surface area contributed by atoms with Crippen LogP contribution in [0.25, 0.3) is 0 Å². The molecule has 6 heteroatoms. The van der Waals surface area contributed by atoms with Gasteiger partial charge in [-0.05, 0) is 17.7 Å². The molecule has 0 aliphatic rings. The van der Waals surface area contributed by atoms with Gasteiger partial charge in [-0.15, -0.1) is 0 Å². The molecule has 0 heterocycles. The van der Waals surface area contributed by atoms with E-state index in [1.54, 1.807) is 24.3 Å². The molecule has 5 nitrogen and oxygen atoms in total. The van der Waals surface area contributed by atoms with Crippen molar-refractivity contribution in [1.29, 1.82) is 0 Å². The minimum atomic E-state index is -1.59. The van der Waals surface area contributed by atoms with Gasteiger partial charge in [0.15, 0.2) is 6.10 Å². The van der Waals surface area contributed by atoms with E-state index in [1.807, 2.05) is 0 Å². The molecule has 2 unspecified atom stereocenters. The lowest BCUT2D eigenvalue weighted by Gasteiger charge is -2.19. The van der Waals surface area contributed by atoms with Crippen molar-refractivity contribution in [2.75, 3.05) is 14.2 Å². The lowest BCUT2D eigenvalue weighted by atomic mass is 9.93. The summed E-state index contributed by atoms with van der Waals surface area (Å²) in [7, 11) is 2.33. The van der Waals surface area contributed by atoms with Crippen LogP contribution in [-0.4, -0.2) is 37.4 Å². The van der Waals surface area contributed by atoms with Crippen LogP contribution in [0.3, 0.4) is 0 Å². The zero-order valence-electron chi connectivity index (χ0n) is 9.92. The van der Waals surface area contributed by atoms with Crippen LogP contribution in [0, 0.1) is 0 Å². The van der Waals surface area contributed by atoms with Gasteiger partial charge in [0.2, 0.25) is 0 Å². The van der Waals surface area contributed by atoms with Crippen molar-refractivity contribution in [2.45, 2.75) is 12.0 Å². The molecule has 2 atom stereocenters. The number of benzene rings is 1. The number of hydrogen-bond acceptors (Lipinski definition) is 5. The molecule has 0 aliphatic carbocycles. The number of aliphatic hydroxyl groups is 1. The van der Waals surface area contributed by atoms with Crippen LogP contribution in [-0.2, 0) is 19.1 Å². The fourth-order valence-corrected chi connectivity index (χ4v) is 1.77. The van der Waals surface area contributed by atoms with E-state index in [-0.39, 0.29) is 0 Å². The standard InChI is InChI=1S/C12H13BrO5/c1-17-11(15)9(10(14)12(16)18-2)7-3-5-8(13)6-4-7/h3-6,9-10,14H,1-2H3. The van der Waals surface area contributed by atoms with Crippen LogP contribution < -0.4 is 0 Å². The first-order valence-electron chi connectivity index (χ1n) is 5.10. The molecule has 0 fully saturated rings. The van der Waals surface area contributed by atoms with Gasteiger partial charge in [-0.1, -0.05) is 28.1 Å². The number of esters is 2. The Bertz CT molecular complexity index is 429. The van der Waals surface area contributed by atoms with Crippen LogP contribution in [0.2, 0.25) is 0 Å². The van der Waals surface area contributed by atoms with Crippen molar-refractivity contribution in [3.05, 3.63) is 34.3 Å². The molecule has 0 aliphatic heterocycles. The van der Waals surface area contributed by atoms with Gasteiger partial charge in [-0.25, -0.2) is 4.79 Å². The molecule has 1 rings (SSSR count). The van der Waals surface area contributed by atoms with Gasteiger partial charge >= 0.3 is 11.9 Å². The normalized spacial score (nSPS) is 13.6. The van der Waals surface area contributed by atoms with Gasteiger partial charge in [0.1, 0.15) is 5.92 Å². The van der Waals surface area contributed by atoms with Gasteiger partial charge in [0, 0.05) is 4.47 Å². The lowest BCUT2D eigenvalue weighted by Crippen LogP contribution is -2.34. The van der Waals surface area contributed by atoms with E-state index in [2.05, 4.69) is 25.4 Å². The summed E-state index contributed by atoms with van der Waals surface area (Å²) in [4.78, 5) is 23.0. The average Bonchev–Trinajstić information content (AvgIpc) is 2.39. The van der Waals surface area contributed by atoms with Crippen molar-refractivity contribution >= 4 is 27.9 Å². The van der Waals surface area contributed by atoms with Gasteiger partial charge < -0.3 is 14.6 Å². The maximum atomic E-state index is 11.7. The monoisotopic (exact) mass is 316 g/mol. The number of rotatable bonds is 4. The van der Waals surface area contributed by atoms with Crippen LogP contribution in [0.4, 0.5) is 0 Å². The lowest BCUT2D eigenvalue weighted by molar-refractivity contribution is -0.159. The average molecular weight is 317 g/mol. The second-order valence-corrected chi connectivity index (χ2v) is 4.44. The molecule has 1 aromatic rings. The summed E-state index contributed by atoms with van der Waals surface area (Å²) >= 11 is 3.26. The first-order valence-corrected chi connectivity index (χ1v) is 5.89. The number of carbonyl (C=O) groups excluding carboxylic acids is 2. The second kappa shape index (κ2) is 6.51. The Labute approximate surface area is 113 Å². The third kappa shape index (κ3) is 3.30. The number of halogens is 1. The van der Waals surface area contributed by atoms with E-state index in [1.165, 1.54) is 7.11 Å². The summed E-state index contributed by atoms with van der Waals surface area (Å²) < 4.78 is 9.84. The van der Waals surface area contributed by atoms with Crippen molar-refractivity contribution in [3.8, 4) is 0 Å². The summed E-state index contributed by atoms with van der Waals surface area (Å²) in [6, 6.07) is 6.65. The Morgan fingerprint density at radius 1 is 1.11 bits per heavy atom. The minimum absolute atomic E-state index is 0.475. The molecule has 1 N–H and O–H groups in total. The van der Waals surface area contributed by atoms with E-state index in [9.17, 15) is 14.7 Å². The summed E-state index contributed by atoms with van der Waals surface area (Å²) in [6.45, 7) is 0. The molecule has 0 spiro atoms. The molecule has 0 amide bonds. The summed E-state index contributed by atoms with van der Waals surface area (Å²) in [5.74, 6) is -2.68. The summed E-state index contributed by atoms with van der Waals surface area (Å²) in [6.07, 6.45) is -1.59. The first-order chi connectivity index (χ1) is 8.51. The van der Waals surface area contributed by atoms with E-state index >= 15 is 0 Å². The predicted octanol–water partition coefficient (Wildman–Crippen LogP) is 1.24. The number of carbonyl (C=O) groups is 2. The van der Waals surface area contributed by atoms with E-state index in [4.69, 9.17) is 0 Å². The second-order valence-electron chi connectivity index (χ2n) is 3.52. The number of methoxy groups -OCH3 is 2. The fraction of sp³-hybridized carbons (Fsp3) is 0.333. The quantitative estimate of drug-likeness (QED) is 0.846. The zero-order chi connectivity index (χ0) is 13.7. The van der Waals surface area contributed by atoms with E-state index in [0.717, 1.165) is 11.6 Å². The van der Waals surface area contributed by atoms with Crippen LogP contribution in [0.1, 0.15) is 11.5 Å². The third-order valence-electron chi connectivity index (χ3n) is 2.44. The Balaban J connectivity index is 3.09. The highest BCUT2D eigenvalue weighted by atomic mass is 79.9. The molecule has 0 bridgehead atoms. The van der Waals surface area contributed by atoms with Gasteiger partial charge in [0.05, 0.1) is 14.2 Å². The first kappa shape index (κ1) is 14.7. The van der Waals surface area contributed by atoms with E-state index < -0.39 is 24.0 Å². The largest absolute Gasteiger partial charge is 0.468 e. The Morgan fingerprint density at radius 3 is 2.06 bits per heavy atom. The molecule has 0 radical (unpaired) electrons. The number of hydrogen-bond donors (Lipinski definition) is 1. The number of ether oxygens (including phenoxy) is 2. The van der Waals surface area contributed by atoms with Crippen LogP contribution in [0.5, 0.6) is 0 Å². The molecule has 18 heavy (non-hydrogen) atoms. The van der Waals surface area contributed by atoms with Crippen molar-refractivity contribution in [3.63, 3.8) is 0 Å². The molecular weight excluding hydrogens is 304 g/mol. The molecule has 98 valence electrons. The van der Waals surface area contributed by atoms with Crippen molar-refractivity contribution in [2.24, 2.45) is 0 Å². The van der Waals surface area contributed by atoms with Crippen LogP contribution in [0.15, 0.2) is 28.7 Å².